The summed E-state index contributed by atoms with van der Waals surface area (Å²) in [5, 5.41) is 16.1. The van der Waals surface area contributed by atoms with Gasteiger partial charge in [-0.3, -0.25) is 5.32 Å². The summed E-state index contributed by atoms with van der Waals surface area (Å²) in [6.45, 7) is 7.90. The molecule has 1 heterocycles. The molecule has 0 aromatic carbocycles. The molecule has 0 aromatic heterocycles. The molecule has 2 unspecified atom stereocenters. The van der Waals surface area contributed by atoms with Gasteiger partial charge in [-0.1, -0.05) is 0 Å². The monoisotopic (exact) mass is 216 g/mol. The summed E-state index contributed by atoms with van der Waals surface area (Å²) >= 11 is 0. The molecule has 1 fully saturated rings. The van der Waals surface area contributed by atoms with Crippen molar-refractivity contribution in [3.05, 3.63) is 0 Å². The lowest BCUT2D eigenvalue weighted by Crippen LogP contribution is -2.43. The fraction of sp³-hybridized carbons (Fsp3) is 1.00. The molecule has 0 aromatic rings. The van der Waals surface area contributed by atoms with Crippen molar-refractivity contribution in [1.82, 2.24) is 10.6 Å². The average Bonchev–Trinajstić information content (AvgIpc) is 2.28. The van der Waals surface area contributed by atoms with E-state index in [9.17, 15) is 5.11 Å². The van der Waals surface area contributed by atoms with Crippen LogP contribution in [0.3, 0.4) is 0 Å². The van der Waals surface area contributed by atoms with Gasteiger partial charge >= 0.3 is 0 Å². The van der Waals surface area contributed by atoms with Gasteiger partial charge in [-0.05, 0) is 53.1 Å². The molecule has 1 aliphatic heterocycles. The molecule has 0 bridgehead atoms. The fourth-order valence-electron chi connectivity index (χ4n) is 1.76. The van der Waals surface area contributed by atoms with E-state index in [0.29, 0.717) is 6.04 Å². The van der Waals surface area contributed by atoms with Gasteiger partial charge in [-0.25, -0.2) is 0 Å². The first-order valence-electron chi connectivity index (χ1n) is 5.80. The van der Waals surface area contributed by atoms with E-state index in [-0.39, 0.29) is 5.60 Å². The molecule has 0 spiro atoms. The zero-order valence-corrected chi connectivity index (χ0v) is 10.0. The molecule has 4 heteroatoms. The lowest BCUT2D eigenvalue weighted by atomic mass is 10.1. The number of ether oxygens (including phenoxy) is 1. The maximum absolute atomic E-state index is 9.68. The molecule has 1 saturated heterocycles. The Morgan fingerprint density at radius 2 is 2.07 bits per heavy atom. The number of aliphatic hydroxyl groups is 1. The van der Waals surface area contributed by atoms with Crippen molar-refractivity contribution in [1.29, 1.82) is 0 Å². The Bertz CT molecular complexity index is 172. The number of hydrogen-bond acceptors (Lipinski definition) is 4. The van der Waals surface area contributed by atoms with Crippen LogP contribution in [0.2, 0.25) is 0 Å². The standard InChI is InChI=1S/C11H24N2O2/c1-11(2,3)15-10(14)13-9-5-4-7-12-8-6-9/h9-10,12-14H,4-8H2,1-3H3. The average molecular weight is 216 g/mol. The van der Waals surface area contributed by atoms with Crippen molar-refractivity contribution >= 4 is 0 Å². The number of hydrogen-bond donors (Lipinski definition) is 3. The first kappa shape index (κ1) is 12.9. The van der Waals surface area contributed by atoms with Gasteiger partial charge in [0.2, 0.25) is 6.41 Å². The molecule has 2 atom stereocenters. The molecular weight excluding hydrogens is 192 g/mol. The molecule has 90 valence electrons. The predicted molar refractivity (Wildman–Crippen MR) is 60.5 cm³/mol. The molecule has 3 N–H and O–H groups in total. The van der Waals surface area contributed by atoms with Crippen LogP contribution in [0.25, 0.3) is 0 Å². The van der Waals surface area contributed by atoms with Gasteiger partial charge in [0.15, 0.2) is 0 Å². The van der Waals surface area contributed by atoms with Crippen LogP contribution in [0.1, 0.15) is 40.0 Å². The largest absolute Gasteiger partial charge is 0.356 e. The van der Waals surface area contributed by atoms with Gasteiger partial charge in [0.25, 0.3) is 0 Å². The van der Waals surface area contributed by atoms with E-state index in [2.05, 4.69) is 10.6 Å². The molecule has 0 saturated carbocycles. The van der Waals surface area contributed by atoms with E-state index in [1.54, 1.807) is 0 Å². The lowest BCUT2D eigenvalue weighted by Gasteiger charge is -2.27. The van der Waals surface area contributed by atoms with Gasteiger partial charge in [0.05, 0.1) is 5.60 Å². The minimum absolute atomic E-state index is 0.310. The third-order valence-electron chi connectivity index (χ3n) is 2.42. The minimum Gasteiger partial charge on any atom is -0.356 e. The number of rotatable bonds is 3. The molecule has 1 rings (SSSR count). The Labute approximate surface area is 92.4 Å². The van der Waals surface area contributed by atoms with Gasteiger partial charge in [-0.2, -0.15) is 0 Å². The van der Waals surface area contributed by atoms with Crippen LogP contribution in [0.4, 0.5) is 0 Å². The van der Waals surface area contributed by atoms with Crippen LogP contribution in [0, 0.1) is 0 Å². The van der Waals surface area contributed by atoms with E-state index >= 15 is 0 Å². The molecular formula is C11H24N2O2. The van der Waals surface area contributed by atoms with Crippen LogP contribution >= 0.6 is 0 Å². The Kier molecular flexibility index (Phi) is 4.99. The molecule has 15 heavy (non-hydrogen) atoms. The zero-order valence-electron chi connectivity index (χ0n) is 10.0. The van der Waals surface area contributed by atoms with Gasteiger partial charge < -0.3 is 15.2 Å². The highest BCUT2D eigenvalue weighted by Gasteiger charge is 2.20. The molecule has 4 nitrogen and oxygen atoms in total. The summed E-state index contributed by atoms with van der Waals surface area (Å²) in [6.07, 6.45) is 2.44. The van der Waals surface area contributed by atoms with Crippen LogP contribution < -0.4 is 10.6 Å². The van der Waals surface area contributed by atoms with E-state index in [4.69, 9.17) is 4.74 Å². The third-order valence-corrected chi connectivity index (χ3v) is 2.42. The van der Waals surface area contributed by atoms with Crippen LogP contribution in [0.5, 0.6) is 0 Å². The fourth-order valence-corrected chi connectivity index (χ4v) is 1.76. The van der Waals surface area contributed by atoms with E-state index in [1.807, 2.05) is 20.8 Å². The van der Waals surface area contributed by atoms with Crippen molar-refractivity contribution < 1.29 is 9.84 Å². The first-order chi connectivity index (χ1) is 6.97. The van der Waals surface area contributed by atoms with Crippen molar-refractivity contribution in [3.8, 4) is 0 Å². The molecule has 0 aliphatic carbocycles. The Morgan fingerprint density at radius 3 is 2.73 bits per heavy atom. The number of aliphatic hydroxyl groups excluding tert-OH is 1. The highest BCUT2D eigenvalue weighted by atomic mass is 16.6. The second-order valence-corrected chi connectivity index (χ2v) is 5.13. The van der Waals surface area contributed by atoms with E-state index in [1.165, 1.54) is 0 Å². The zero-order chi connectivity index (χ0) is 11.3. The maximum Gasteiger partial charge on any atom is 0.214 e. The first-order valence-corrected chi connectivity index (χ1v) is 5.80. The van der Waals surface area contributed by atoms with Crippen LogP contribution in [-0.2, 0) is 4.74 Å². The van der Waals surface area contributed by atoms with Crippen molar-refractivity contribution in [2.24, 2.45) is 0 Å². The molecule has 0 amide bonds. The van der Waals surface area contributed by atoms with Gasteiger partial charge in [0, 0.05) is 6.04 Å². The van der Waals surface area contributed by atoms with E-state index in [0.717, 1.165) is 32.4 Å². The summed E-state index contributed by atoms with van der Waals surface area (Å²) < 4.78 is 5.41. The van der Waals surface area contributed by atoms with Gasteiger partial charge in [0.1, 0.15) is 0 Å². The highest BCUT2D eigenvalue weighted by Crippen LogP contribution is 2.11. The summed E-state index contributed by atoms with van der Waals surface area (Å²) in [5.74, 6) is 0. The van der Waals surface area contributed by atoms with Crippen LogP contribution in [0.15, 0.2) is 0 Å². The van der Waals surface area contributed by atoms with Gasteiger partial charge in [-0.15, -0.1) is 0 Å². The maximum atomic E-state index is 9.68. The minimum atomic E-state index is -0.854. The van der Waals surface area contributed by atoms with Crippen molar-refractivity contribution in [2.45, 2.75) is 58.1 Å². The van der Waals surface area contributed by atoms with Crippen molar-refractivity contribution in [3.63, 3.8) is 0 Å². The third kappa shape index (κ3) is 6.10. The Hall–Kier alpha value is -0.160. The Balaban J connectivity index is 2.26. The smallest absolute Gasteiger partial charge is 0.214 e. The topological polar surface area (TPSA) is 53.5 Å². The summed E-state index contributed by atoms with van der Waals surface area (Å²) in [4.78, 5) is 0. The van der Waals surface area contributed by atoms with Crippen LogP contribution in [-0.4, -0.2) is 36.3 Å². The SMILES string of the molecule is CC(C)(C)OC(O)NC1CCCNCC1. The Morgan fingerprint density at radius 1 is 1.33 bits per heavy atom. The second-order valence-electron chi connectivity index (χ2n) is 5.13. The lowest BCUT2D eigenvalue weighted by molar-refractivity contribution is -0.185. The normalized spacial score (nSPS) is 26.0. The molecule has 0 radical (unpaired) electrons. The summed E-state index contributed by atoms with van der Waals surface area (Å²) in [5.41, 5.74) is -0.310. The summed E-state index contributed by atoms with van der Waals surface area (Å²) in [6, 6.07) is 0.359. The quantitative estimate of drug-likeness (QED) is 0.611. The molecule has 1 aliphatic rings. The van der Waals surface area contributed by atoms with E-state index < -0.39 is 6.41 Å². The summed E-state index contributed by atoms with van der Waals surface area (Å²) in [7, 11) is 0. The second kappa shape index (κ2) is 5.80. The number of nitrogens with one attached hydrogen (secondary N) is 2. The predicted octanol–water partition coefficient (Wildman–Crippen LogP) is 0.809. The van der Waals surface area contributed by atoms with Crippen molar-refractivity contribution in [2.75, 3.05) is 13.1 Å². The highest BCUT2D eigenvalue weighted by molar-refractivity contribution is 4.72.